The van der Waals surface area contributed by atoms with Crippen LogP contribution in [0.4, 0.5) is 0 Å². The predicted octanol–water partition coefficient (Wildman–Crippen LogP) is 4.00. The lowest BCUT2D eigenvalue weighted by molar-refractivity contribution is 0.0643. The van der Waals surface area contributed by atoms with Crippen LogP contribution in [0, 0.1) is 0 Å². The fraction of sp³-hybridized carbons (Fsp3) is 0.560. The SMILES string of the molecule is C[C@@H]1CCCN1CCCOc1ccc(CCN2CCN(C(=O)c3cccs3)CC2)cc1. The van der Waals surface area contributed by atoms with E-state index in [0.29, 0.717) is 0 Å². The Morgan fingerprint density at radius 3 is 2.55 bits per heavy atom. The van der Waals surface area contributed by atoms with Gasteiger partial charge in [-0.1, -0.05) is 18.2 Å². The lowest BCUT2D eigenvalue weighted by Crippen LogP contribution is -2.48. The van der Waals surface area contributed by atoms with Crippen LogP contribution in [-0.4, -0.2) is 79.1 Å². The smallest absolute Gasteiger partial charge is 0.264 e. The highest BCUT2D eigenvalue weighted by atomic mass is 32.1. The topological polar surface area (TPSA) is 36.0 Å². The monoisotopic (exact) mass is 441 g/mol. The Hall–Kier alpha value is -1.89. The summed E-state index contributed by atoms with van der Waals surface area (Å²) in [6.07, 6.45) is 4.80. The standard InChI is InChI=1S/C25H35N3O2S/c1-21-5-2-12-27(21)13-4-19-30-23-9-7-22(8-10-23)11-14-26-15-17-28(18-16-26)25(29)24-6-3-20-31-24/h3,6-10,20-21H,2,4-5,11-19H2,1H3/t21-/m1/s1. The summed E-state index contributed by atoms with van der Waals surface area (Å²) in [5.74, 6) is 1.15. The van der Waals surface area contributed by atoms with Gasteiger partial charge in [-0.05, 0) is 68.3 Å². The molecule has 1 amide bonds. The van der Waals surface area contributed by atoms with Gasteiger partial charge in [0, 0.05) is 45.3 Å². The molecule has 1 aromatic carbocycles. The van der Waals surface area contributed by atoms with E-state index in [9.17, 15) is 4.79 Å². The van der Waals surface area contributed by atoms with Crippen molar-refractivity contribution < 1.29 is 9.53 Å². The second kappa shape index (κ2) is 11.1. The molecule has 0 bridgehead atoms. The Kier molecular flexibility index (Phi) is 8.00. The molecule has 2 aliphatic heterocycles. The van der Waals surface area contributed by atoms with Gasteiger partial charge in [-0.3, -0.25) is 9.69 Å². The first kappa shape index (κ1) is 22.3. The summed E-state index contributed by atoms with van der Waals surface area (Å²) < 4.78 is 5.94. The van der Waals surface area contributed by atoms with Crippen molar-refractivity contribution >= 4 is 17.2 Å². The van der Waals surface area contributed by atoms with Crippen molar-refractivity contribution in [1.82, 2.24) is 14.7 Å². The molecular weight excluding hydrogens is 406 g/mol. The van der Waals surface area contributed by atoms with Crippen LogP contribution in [0.5, 0.6) is 5.75 Å². The summed E-state index contributed by atoms with van der Waals surface area (Å²) in [6.45, 7) is 10.1. The fourth-order valence-electron chi connectivity index (χ4n) is 4.55. The summed E-state index contributed by atoms with van der Waals surface area (Å²) in [5, 5.41) is 1.97. The van der Waals surface area contributed by atoms with Crippen molar-refractivity contribution in [3.8, 4) is 5.75 Å². The van der Waals surface area contributed by atoms with Crippen LogP contribution < -0.4 is 4.74 Å². The van der Waals surface area contributed by atoms with E-state index < -0.39 is 0 Å². The number of piperazine rings is 1. The number of benzene rings is 1. The minimum Gasteiger partial charge on any atom is -0.494 e. The number of thiophene rings is 1. The van der Waals surface area contributed by atoms with Gasteiger partial charge in [0.15, 0.2) is 0 Å². The Balaban J connectivity index is 1.12. The first-order chi connectivity index (χ1) is 15.2. The van der Waals surface area contributed by atoms with Gasteiger partial charge < -0.3 is 14.5 Å². The fourth-order valence-corrected chi connectivity index (χ4v) is 5.24. The lowest BCUT2D eigenvalue weighted by atomic mass is 10.1. The average Bonchev–Trinajstić information content (AvgIpc) is 3.48. The number of carbonyl (C=O) groups is 1. The van der Waals surface area contributed by atoms with Crippen molar-refractivity contribution in [2.24, 2.45) is 0 Å². The van der Waals surface area contributed by atoms with Crippen molar-refractivity contribution in [2.45, 2.75) is 38.6 Å². The van der Waals surface area contributed by atoms with Crippen LogP contribution in [0.25, 0.3) is 0 Å². The second-order valence-electron chi connectivity index (χ2n) is 8.73. The average molecular weight is 442 g/mol. The number of hydrogen-bond acceptors (Lipinski definition) is 5. The third-order valence-electron chi connectivity index (χ3n) is 6.58. The second-order valence-corrected chi connectivity index (χ2v) is 9.68. The molecule has 31 heavy (non-hydrogen) atoms. The zero-order chi connectivity index (χ0) is 21.5. The quantitative estimate of drug-likeness (QED) is 0.551. The van der Waals surface area contributed by atoms with Crippen molar-refractivity contribution in [3.05, 3.63) is 52.2 Å². The molecule has 0 aliphatic carbocycles. The van der Waals surface area contributed by atoms with Gasteiger partial charge in [0.05, 0.1) is 11.5 Å². The van der Waals surface area contributed by atoms with Gasteiger partial charge >= 0.3 is 0 Å². The third kappa shape index (κ3) is 6.31. The largest absolute Gasteiger partial charge is 0.494 e. The van der Waals surface area contributed by atoms with Crippen LogP contribution in [0.15, 0.2) is 41.8 Å². The van der Waals surface area contributed by atoms with Gasteiger partial charge in [-0.15, -0.1) is 11.3 Å². The van der Waals surface area contributed by atoms with E-state index >= 15 is 0 Å². The van der Waals surface area contributed by atoms with Gasteiger partial charge in [-0.2, -0.15) is 0 Å². The molecule has 2 aliphatic rings. The first-order valence-corrected chi connectivity index (χ1v) is 12.6. The van der Waals surface area contributed by atoms with Gasteiger partial charge in [0.25, 0.3) is 5.91 Å². The van der Waals surface area contributed by atoms with Crippen LogP contribution in [-0.2, 0) is 6.42 Å². The first-order valence-electron chi connectivity index (χ1n) is 11.7. The Bertz CT molecular complexity index is 801. The third-order valence-corrected chi connectivity index (χ3v) is 7.44. The maximum absolute atomic E-state index is 12.5. The van der Waals surface area contributed by atoms with E-state index in [1.165, 1.54) is 36.3 Å². The highest BCUT2D eigenvalue weighted by Crippen LogP contribution is 2.18. The van der Waals surface area contributed by atoms with Crippen molar-refractivity contribution in [3.63, 3.8) is 0 Å². The Morgan fingerprint density at radius 2 is 1.87 bits per heavy atom. The van der Waals surface area contributed by atoms with E-state index in [1.807, 2.05) is 22.4 Å². The molecule has 1 atom stereocenters. The Labute approximate surface area is 190 Å². The highest BCUT2D eigenvalue weighted by Gasteiger charge is 2.22. The van der Waals surface area contributed by atoms with Gasteiger partial charge in [-0.25, -0.2) is 0 Å². The zero-order valence-corrected chi connectivity index (χ0v) is 19.5. The van der Waals surface area contributed by atoms with Crippen LogP contribution in [0.3, 0.4) is 0 Å². The molecule has 0 saturated carbocycles. The molecule has 2 saturated heterocycles. The molecular formula is C25H35N3O2S. The van der Waals surface area contributed by atoms with Crippen molar-refractivity contribution in [2.75, 3.05) is 52.4 Å². The molecule has 3 heterocycles. The van der Waals surface area contributed by atoms with Crippen LogP contribution >= 0.6 is 11.3 Å². The number of rotatable bonds is 9. The highest BCUT2D eigenvalue weighted by molar-refractivity contribution is 7.12. The lowest BCUT2D eigenvalue weighted by Gasteiger charge is -2.34. The molecule has 0 unspecified atom stereocenters. The Morgan fingerprint density at radius 1 is 1.06 bits per heavy atom. The van der Waals surface area contributed by atoms with Crippen molar-refractivity contribution in [1.29, 1.82) is 0 Å². The van der Waals surface area contributed by atoms with E-state index in [0.717, 1.165) is 75.4 Å². The number of ether oxygens (including phenoxy) is 1. The number of nitrogens with zero attached hydrogens (tertiary/aromatic N) is 3. The zero-order valence-electron chi connectivity index (χ0n) is 18.7. The summed E-state index contributed by atoms with van der Waals surface area (Å²) in [7, 11) is 0. The summed E-state index contributed by atoms with van der Waals surface area (Å²) in [6, 6.07) is 13.2. The molecule has 0 radical (unpaired) electrons. The molecule has 0 spiro atoms. The molecule has 0 N–H and O–H groups in total. The minimum absolute atomic E-state index is 0.181. The minimum atomic E-state index is 0.181. The molecule has 5 nitrogen and oxygen atoms in total. The number of hydrogen-bond donors (Lipinski definition) is 0. The molecule has 2 fully saturated rings. The van der Waals surface area contributed by atoms with Gasteiger partial charge in [0.1, 0.15) is 5.75 Å². The van der Waals surface area contributed by atoms with Crippen LogP contribution in [0.2, 0.25) is 0 Å². The molecule has 2 aromatic rings. The van der Waals surface area contributed by atoms with E-state index in [2.05, 4.69) is 41.0 Å². The number of likely N-dealkylation sites (tertiary alicyclic amines) is 1. The molecule has 168 valence electrons. The number of carbonyl (C=O) groups excluding carboxylic acids is 1. The molecule has 4 rings (SSSR count). The normalized spacial score (nSPS) is 20.3. The van der Waals surface area contributed by atoms with E-state index in [1.54, 1.807) is 0 Å². The maximum atomic E-state index is 12.5. The number of amides is 1. The molecule has 6 heteroatoms. The van der Waals surface area contributed by atoms with E-state index in [4.69, 9.17) is 4.74 Å². The van der Waals surface area contributed by atoms with E-state index in [-0.39, 0.29) is 5.91 Å². The summed E-state index contributed by atoms with van der Waals surface area (Å²) >= 11 is 1.53. The predicted molar refractivity (Wildman–Crippen MR) is 127 cm³/mol. The van der Waals surface area contributed by atoms with Crippen LogP contribution in [0.1, 0.15) is 41.4 Å². The summed E-state index contributed by atoms with van der Waals surface area (Å²) in [5.41, 5.74) is 1.34. The summed E-state index contributed by atoms with van der Waals surface area (Å²) in [4.78, 5) is 20.3. The maximum Gasteiger partial charge on any atom is 0.264 e. The molecule has 1 aromatic heterocycles. The van der Waals surface area contributed by atoms with Gasteiger partial charge in [0.2, 0.25) is 0 Å².